The van der Waals surface area contributed by atoms with Crippen LogP contribution in [0.15, 0.2) is 24.3 Å². The Labute approximate surface area is 84.6 Å². The van der Waals surface area contributed by atoms with Crippen molar-refractivity contribution in [2.24, 2.45) is 0 Å². The molecule has 0 radical (unpaired) electrons. The minimum atomic E-state index is -0.0787. The fourth-order valence-electron chi connectivity index (χ4n) is 1.26. The van der Waals surface area contributed by atoms with Crippen LogP contribution >= 0.6 is 0 Å². The van der Waals surface area contributed by atoms with Gasteiger partial charge in [0.1, 0.15) is 0 Å². The normalized spacial score (nSPS) is 10.5. The lowest BCUT2D eigenvalue weighted by Gasteiger charge is -2.01. The molecule has 1 rings (SSSR count). The van der Waals surface area contributed by atoms with Crippen molar-refractivity contribution in [1.82, 2.24) is 5.32 Å². The highest BCUT2D eigenvalue weighted by Crippen LogP contribution is 2.11. The van der Waals surface area contributed by atoms with Crippen molar-refractivity contribution in [3.05, 3.63) is 41.0 Å². The van der Waals surface area contributed by atoms with Crippen molar-refractivity contribution in [3.63, 3.8) is 0 Å². The van der Waals surface area contributed by atoms with Crippen LogP contribution < -0.4 is 5.32 Å². The largest absolute Gasteiger partial charge is 0.356 e. The summed E-state index contributed by atoms with van der Waals surface area (Å²) in [5.41, 5.74) is 3.50. The Morgan fingerprint density at radius 3 is 2.64 bits per heavy atom. The summed E-state index contributed by atoms with van der Waals surface area (Å²) >= 11 is 0. The summed E-state index contributed by atoms with van der Waals surface area (Å²) in [6, 6.07) is 6.16. The van der Waals surface area contributed by atoms with Crippen molar-refractivity contribution in [2.45, 2.75) is 13.8 Å². The van der Waals surface area contributed by atoms with E-state index in [9.17, 15) is 4.79 Å². The molecule has 0 atom stereocenters. The maximum atomic E-state index is 11.0. The third-order valence-corrected chi connectivity index (χ3v) is 2.09. The molecule has 1 aromatic carbocycles. The Balaban J connectivity index is 2.87. The number of carbonyl (C=O) groups is 1. The van der Waals surface area contributed by atoms with Gasteiger partial charge in [0, 0.05) is 13.1 Å². The Kier molecular flexibility index (Phi) is 3.46. The molecule has 0 spiro atoms. The molecule has 1 aromatic rings. The molecule has 74 valence electrons. The van der Waals surface area contributed by atoms with Crippen molar-refractivity contribution >= 4 is 12.0 Å². The van der Waals surface area contributed by atoms with E-state index in [0.717, 1.165) is 5.56 Å². The van der Waals surface area contributed by atoms with E-state index in [1.807, 2.05) is 25.1 Å². The third kappa shape index (κ3) is 2.73. The molecule has 14 heavy (non-hydrogen) atoms. The van der Waals surface area contributed by atoms with Gasteiger partial charge in [-0.05, 0) is 31.1 Å². The van der Waals surface area contributed by atoms with Crippen molar-refractivity contribution in [2.75, 3.05) is 7.05 Å². The zero-order valence-corrected chi connectivity index (χ0v) is 8.79. The van der Waals surface area contributed by atoms with Gasteiger partial charge in [-0.25, -0.2) is 0 Å². The first-order valence-corrected chi connectivity index (χ1v) is 4.60. The molecule has 0 unspecified atom stereocenters. The maximum absolute atomic E-state index is 11.0. The van der Waals surface area contributed by atoms with Gasteiger partial charge in [0.25, 0.3) is 0 Å². The van der Waals surface area contributed by atoms with Crippen LogP contribution in [0.25, 0.3) is 6.08 Å². The molecule has 0 aliphatic carbocycles. The summed E-state index contributed by atoms with van der Waals surface area (Å²) in [4.78, 5) is 11.0. The molecule has 2 nitrogen and oxygen atoms in total. The number of amides is 1. The first-order valence-electron chi connectivity index (χ1n) is 4.60. The standard InChI is InChI=1S/C12H15NO/c1-9-4-5-11(10(2)8-9)6-7-12(14)13-3/h4-8H,1-3H3,(H,13,14). The van der Waals surface area contributed by atoms with E-state index >= 15 is 0 Å². The summed E-state index contributed by atoms with van der Waals surface area (Å²) in [7, 11) is 1.62. The van der Waals surface area contributed by atoms with Crippen molar-refractivity contribution in [3.8, 4) is 0 Å². The second kappa shape index (κ2) is 4.61. The predicted molar refractivity (Wildman–Crippen MR) is 59.0 cm³/mol. The van der Waals surface area contributed by atoms with Gasteiger partial charge < -0.3 is 5.32 Å². The first kappa shape index (κ1) is 10.5. The SMILES string of the molecule is CNC(=O)C=Cc1ccc(C)cc1C. The van der Waals surface area contributed by atoms with Gasteiger partial charge in [0.15, 0.2) is 0 Å². The molecular weight excluding hydrogens is 174 g/mol. The number of aryl methyl sites for hydroxylation is 2. The van der Waals surface area contributed by atoms with Gasteiger partial charge in [-0.15, -0.1) is 0 Å². The van der Waals surface area contributed by atoms with Crippen LogP contribution in [-0.2, 0) is 4.79 Å². The number of hydrogen-bond donors (Lipinski definition) is 1. The topological polar surface area (TPSA) is 29.1 Å². The van der Waals surface area contributed by atoms with Crippen LogP contribution in [0.3, 0.4) is 0 Å². The molecule has 0 saturated carbocycles. The second-order valence-corrected chi connectivity index (χ2v) is 3.31. The third-order valence-electron chi connectivity index (χ3n) is 2.09. The number of rotatable bonds is 2. The van der Waals surface area contributed by atoms with Gasteiger partial charge in [-0.1, -0.05) is 23.8 Å². The highest BCUT2D eigenvalue weighted by molar-refractivity contribution is 5.91. The fourth-order valence-corrected chi connectivity index (χ4v) is 1.26. The summed E-state index contributed by atoms with van der Waals surface area (Å²) in [5.74, 6) is -0.0787. The zero-order chi connectivity index (χ0) is 10.6. The molecular formula is C12H15NO. The number of nitrogens with one attached hydrogen (secondary N) is 1. The minimum absolute atomic E-state index is 0.0787. The van der Waals surface area contributed by atoms with Gasteiger partial charge in [0.2, 0.25) is 5.91 Å². The smallest absolute Gasteiger partial charge is 0.243 e. The van der Waals surface area contributed by atoms with Crippen molar-refractivity contribution in [1.29, 1.82) is 0 Å². The first-order chi connectivity index (χ1) is 6.63. The summed E-state index contributed by atoms with van der Waals surface area (Å²) in [6.45, 7) is 4.09. The molecule has 0 bridgehead atoms. The Morgan fingerprint density at radius 1 is 1.36 bits per heavy atom. The van der Waals surface area contributed by atoms with Crippen LogP contribution in [0.1, 0.15) is 16.7 Å². The van der Waals surface area contributed by atoms with E-state index in [4.69, 9.17) is 0 Å². The van der Waals surface area contributed by atoms with E-state index in [2.05, 4.69) is 18.3 Å². The second-order valence-electron chi connectivity index (χ2n) is 3.31. The molecule has 0 aliphatic heterocycles. The van der Waals surface area contributed by atoms with E-state index in [1.54, 1.807) is 7.05 Å². The monoisotopic (exact) mass is 189 g/mol. The molecule has 0 aliphatic rings. The molecule has 0 saturated heterocycles. The van der Waals surface area contributed by atoms with Crippen LogP contribution in [-0.4, -0.2) is 13.0 Å². The lowest BCUT2D eigenvalue weighted by atomic mass is 10.1. The molecule has 0 fully saturated rings. The molecule has 1 N–H and O–H groups in total. The lowest BCUT2D eigenvalue weighted by Crippen LogP contribution is -2.13. The zero-order valence-electron chi connectivity index (χ0n) is 8.79. The summed E-state index contributed by atoms with van der Waals surface area (Å²) < 4.78 is 0. The highest BCUT2D eigenvalue weighted by atomic mass is 16.1. The van der Waals surface area contributed by atoms with Crippen LogP contribution in [0.2, 0.25) is 0 Å². The molecule has 0 aromatic heterocycles. The Bertz CT molecular complexity index is 367. The Hall–Kier alpha value is -1.57. The molecule has 1 amide bonds. The van der Waals surface area contributed by atoms with E-state index in [0.29, 0.717) is 0 Å². The quantitative estimate of drug-likeness (QED) is 0.709. The van der Waals surface area contributed by atoms with E-state index < -0.39 is 0 Å². The van der Waals surface area contributed by atoms with Gasteiger partial charge >= 0.3 is 0 Å². The minimum Gasteiger partial charge on any atom is -0.356 e. The van der Waals surface area contributed by atoms with Crippen LogP contribution in [0.5, 0.6) is 0 Å². The Morgan fingerprint density at radius 2 is 2.07 bits per heavy atom. The average Bonchev–Trinajstić information content (AvgIpc) is 2.16. The summed E-state index contributed by atoms with van der Waals surface area (Å²) in [6.07, 6.45) is 3.37. The number of benzene rings is 1. The van der Waals surface area contributed by atoms with E-state index in [-0.39, 0.29) is 5.91 Å². The van der Waals surface area contributed by atoms with Gasteiger partial charge in [-0.2, -0.15) is 0 Å². The van der Waals surface area contributed by atoms with E-state index in [1.165, 1.54) is 17.2 Å². The molecule has 0 heterocycles. The van der Waals surface area contributed by atoms with Gasteiger partial charge in [0.05, 0.1) is 0 Å². The average molecular weight is 189 g/mol. The van der Waals surface area contributed by atoms with Crippen LogP contribution in [0.4, 0.5) is 0 Å². The van der Waals surface area contributed by atoms with Crippen LogP contribution in [0, 0.1) is 13.8 Å². The summed E-state index contributed by atoms with van der Waals surface area (Å²) in [5, 5.41) is 2.54. The lowest BCUT2D eigenvalue weighted by molar-refractivity contribution is -0.115. The number of hydrogen-bond acceptors (Lipinski definition) is 1. The molecule has 2 heteroatoms. The number of likely N-dealkylation sites (N-methyl/N-ethyl adjacent to an activating group) is 1. The predicted octanol–water partition coefficient (Wildman–Crippen LogP) is 2.06. The van der Waals surface area contributed by atoms with Crippen molar-refractivity contribution < 1.29 is 4.79 Å². The highest BCUT2D eigenvalue weighted by Gasteiger charge is 1.95. The van der Waals surface area contributed by atoms with Gasteiger partial charge in [-0.3, -0.25) is 4.79 Å². The fraction of sp³-hybridized carbons (Fsp3) is 0.250. The maximum Gasteiger partial charge on any atom is 0.243 e. The number of carbonyl (C=O) groups excluding carboxylic acids is 1.